The first kappa shape index (κ1) is 20.9. The summed E-state index contributed by atoms with van der Waals surface area (Å²) in [6.45, 7) is 12.0. The smallest absolute Gasteiger partial charge is 0.282 e. The monoisotopic (exact) mass is 382 g/mol. The third-order valence-electron chi connectivity index (χ3n) is 4.85. The van der Waals surface area contributed by atoms with Gasteiger partial charge >= 0.3 is 0 Å². The predicted molar refractivity (Wildman–Crippen MR) is 104 cm³/mol. The molecule has 1 aromatic carbocycles. The molecule has 0 saturated carbocycles. The van der Waals surface area contributed by atoms with E-state index >= 15 is 0 Å². The van der Waals surface area contributed by atoms with E-state index in [4.69, 9.17) is 0 Å². The lowest BCUT2D eigenvalue weighted by atomic mass is 9.91. The molecule has 1 saturated heterocycles. The number of likely N-dealkylation sites (tertiary alicyclic amines) is 1. The zero-order valence-electron chi connectivity index (χ0n) is 16.4. The van der Waals surface area contributed by atoms with Crippen LogP contribution in [0.3, 0.4) is 0 Å². The van der Waals surface area contributed by atoms with E-state index in [-0.39, 0.29) is 22.9 Å². The molecule has 3 N–H and O–H groups in total. The number of carbonyl (C=O) groups is 1. The Hall–Kier alpha value is -1.44. The molecule has 1 aliphatic rings. The fourth-order valence-electron chi connectivity index (χ4n) is 3.72. The van der Waals surface area contributed by atoms with Crippen molar-refractivity contribution in [1.29, 1.82) is 0 Å². The van der Waals surface area contributed by atoms with E-state index < -0.39 is 10.0 Å². The van der Waals surface area contributed by atoms with Crippen LogP contribution in [0.15, 0.2) is 29.2 Å². The minimum atomic E-state index is -3.52. The highest BCUT2D eigenvalue weighted by molar-refractivity contribution is 7.89. The van der Waals surface area contributed by atoms with Crippen molar-refractivity contribution in [2.75, 3.05) is 18.4 Å². The molecule has 0 aromatic heterocycles. The van der Waals surface area contributed by atoms with E-state index in [1.807, 2.05) is 6.92 Å². The zero-order valence-corrected chi connectivity index (χ0v) is 17.2. The van der Waals surface area contributed by atoms with Crippen LogP contribution in [-0.4, -0.2) is 39.5 Å². The number of sulfonamides is 1. The molecule has 0 bridgehead atoms. The highest BCUT2D eigenvalue weighted by atomic mass is 32.2. The molecule has 2 rings (SSSR count). The Morgan fingerprint density at radius 1 is 1.08 bits per heavy atom. The van der Waals surface area contributed by atoms with E-state index in [1.165, 1.54) is 23.5 Å². The molecule has 1 aromatic rings. The average molecular weight is 383 g/mol. The number of hydrogen-bond acceptors (Lipinski definition) is 3. The van der Waals surface area contributed by atoms with E-state index in [2.05, 4.69) is 23.9 Å². The molecular formula is C19H32N3O3S+. The highest BCUT2D eigenvalue weighted by Gasteiger charge is 2.32. The van der Waals surface area contributed by atoms with Crippen molar-refractivity contribution in [2.24, 2.45) is 11.8 Å². The number of rotatable bonds is 6. The molecule has 0 spiro atoms. The molecule has 26 heavy (non-hydrogen) atoms. The fourth-order valence-corrected chi connectivity index (χ4v) is 4.97. The second-order valence-corrected chi connectivity index (χ2v) is 9.74. The van der Waals surface area contributed by atoms with Crippen molar-refractivity contribution < 1.29 is 18.1 Å². The molecular weight excluding hydrogens is 350 g/mol. The van der Waals surface area contributed by atoms with Gasteiger partial charge in [-0.2, -0.15) is 0 Å². The Morgan fingerprint density at radius 2 is 1.62 bits per heavy atom. The number of carbonyl (C=O) groups excluding carboxylic acids is 1. The number of amides is 1. The summed E-state index contributed by atoms with van der Waals surface area (Å²) in [4.78, 5) is 14.1. The summed E-state index contributed by atoms with van der Waals surface area (Å²) in [6, 6.07) is 6.00. The Kier molecular flexibility index (Phi) is 6.82. The number of hydrogen-bond donors (Lipinski definition) is 3. The third-order valence-corrected chi connectivity index (χ3v) is 6.53. The molecule has 146 valence electrons. The summed E-state index contributed by atoms with van der Waals surface area (Å²) in [5.41, 5.74) is 0.614. The lowest BCUT2D eigenvalue weighted by Gasteiger charge is -2.35. The third kappa shape index (κ3) is 5.53. The second-order valence-electron chi connectivity index (χ2n) is 8.02. The number of quaternary nitrogens is 1. The van der Waals surface area contributed by atoms with Crippen LogP contribution < -0.4 is 14.9 Å². The van der Waals surface area contributed by atoms with E-state index in [0.717, 1.165) is 13.1 Å². The van der Waals surface area contributed by atoms with E-state index in [0.29, 0.717) is 17.5 Å². The summed E-state index contributed by atoms with van der Waals surface area (Å²) in [7, 11) is -3.52. The van der Waals surface area contributed by atoms with Crippen molar-refractivity contribution in [3.8, 4) is 0 Å². The fraction of sp³-hybridized carbons (Fsp3) is 0.632. The lowest BCUT2D eigenvalue weighted by molar-refractivity contribution is -0.925. The number of nitrogens with one attached hydrogen (secondary N) is 3. The van der Waals surface area contributed by atoms with Crippen LogP contribution in [0.4, 0.5) is 5.69 Å². The van der Waals surface area contributed by atoms with Gasteiger partial charge in [-0.3, -0.25) is 4.79 Å². The average Bonchev–Trinajstić information content (AvgIpc) is 2.52. The van der Waals surface area contributed by atoms with Crippen molar-refractivity contribution in [2.45, 2.75) is 58.0 Å². The number of benzene rings is 1. The van der Waals surface area contributed by atoms with E-state index in [9.17, 15) is 13.2 Å². The number of piperidine rings is 1. The quantitative estimate of drug-likeness (QED) is 0.693. The molecule has 0 radical (unpaired) electrons. The Balaban J connectivity index is 2.01. The van der Waals surface area contributed by atoms with Gasteiger partial charge in [0.1, 0.15) is 0 Å². The van der Waals surface area contributed by atoms with Crippen molar-refractivity contribution in [3.05, 3.63) is 24.3 Å². The van der Waals surface area contributed by atoms with Crippen LogP contribution in [0.1, 0.15) is 41.0 Å². The van der Waals surface area contributed by atoms with Gasteiger partial charge in [-0.15, -0.1) is 0 Å². The lowest BCUT2D eigenvalue weighted by Crippen LogP contribution is -3.18. The SMILES string of the molecule is CC(C)NS(=O)(=O)c1ccc(NC(=O)[C@H](C)[NH+]2C[C@H](C)C[C@@H](C)C2)cc1. The highest BCUT2D eigenvalue weighted by Crippen LogP contribution is 2.15. The van der Waals surface area contributed by atoms with Gasteiger partial charge < -0.3 is 10.2 Å². The van der Waals surface area contributed by atoms with Crippen molar-refractivity contribution >= 4 is 21.6 Å². The maximum Gasteiger partial charge on any atom is 0.282 e. The maximum absolute atomic E-state index is 12.6. The topological polar surface area (TPSA) is 79.7 Å². The van der Waals surface area contributed by atoms with Gasteiger partial charge in [-0.1, -0.05) is 13.8 Å². The second kappa shape index (κ2) is 8.50. The summed E-state index contributed by atoms with van der Waals surface area (Å²) < 4.78 is 26.8. The molecule has 6 nitrogen and oxygen atoms in total. The van der Waals surface area contributed by atoms with E-state index in [1.54, 1.807) is 26.0 Å². The summed E-state index contributed by atoms with van der Waals surface area (Å²) in [6.07, 6.45) is 1.22. The summed E-state index contributed by atoms with van der Waals surface area (Å²) in [5, 5.41) is 2.91. The standard InChI is InChI=1S/C19H31N3O3S/c1-13(2)21-26(24,25)18-8-6-17(7-9-18)20-19(23)16(5)22-11-14(3)10-15(4)12-22/h6-9,13-16,21H,10-12H2,1-5H3,(H,20,23)/p+1/t14-,15-,16+/m1/s1. The molecule has 1 fully saturated rings. The zero-order chi connectivity index (χ0) is 19.5. The van der Waals surface area contributed by atoms with Crippen LogP contribution in [0.5, 0.6) is 0 Å². The van der Waals surface area contributed by atoms with Gasteiger partial charge in [0, 0.05) is 23.6 Å². The van der Waals surface area contributed by atoms with Crippen molar-refractivity contribution in [1.82, 2.24) is 4.72 Å². The first-order valence-electron chi connectivity index (χ1n) is 9.36. The molecule has 1 aliphatic heterocycles. The van der Waals surface area contributed by atoms with Gasteiger partial charge in [0.05, 0.1) is 18.0 Å². The van der Waals surface area contributed by atoms with Crippen LogP contribution in [-0.2, 0) is 14.8 Å². The summed E-state index contributed by atoms with van der Waals surface area (Å²) >= 11 is 0. The predicted octanol–water partition coefficient (Wildman–Crippen LogP) is 1.26. The first-order chi connectivity index (χ1) is 12.1. The molecule has 7 heteroatoms. The van der Waals surface area contributed by atoms with Crippen molar-refractivity contribution in [3.63, 3.8) is 0 Å². The minimum absolute atomic E-state index is 0.0304. The van der Waals surface area contributed by atoms with Gasteiger partial charge in [0.2, 0.25) is 10.0 Å². The molecule has 0 aliphatic carbocycles. The summed E-state index contributed by atoms with van der Waals surface area (Å²) in [5.74, 6) is 1.22. The Labute approximate surface area is 157 Å². The van der Waals surface area contributed by atoms with Gasteiger partial charge in [-0.05, 0) is 51.5 Å². The Bertz CT molecular complexity index is 706. The van der Waals surface area contributed by atoms with Gasteiger partial charge in [0.25, 0.3) is 5.91 Å². The van der Waals surface area contributed by atoms with Crippen LogP contribution in [0.2, 0.25) is 0 Å². The van der Waals surface area contributed by atoms with Crippen LogP contribution in [0, 0.1) is 11.8 Å². The molecule has 1 amide bonds. The molecule has 1 heterocycles. The van der Waals surface area contributed by atoms with Gasteiger partial charge in [0.15, 0.2) is 6.04 Å². The normalized spacial score (nSPS) is 25.1. The molecule has 0 unspecified atom stereocenters. The first-order valence-corrected chi connectivity index (χ1v) is 10.8. The van der Waals surface area contributed by atoms with Crippen LogP contribution >= 0.6 is 0 Å². The minimum Gasteiger partial charge on any atom is -0.324 e. The Morgan fingerprint density at radius 3 is 2.12 bits per heavy atom. The molecule has 3 atom stereocenters. The van der Waals surface area contributed by atoms with Gasteiger partial charge in [-0.25, -0.2) is 13.1 Å². The largest absolute Gasteiger partial charge is 0.324 e. The number of anilines is 1. The van der Waals surface area contributed by atoms with Crippen LogP contribution in [0.25, 0.3) is 0 Å². The maximum atomic E-state index is 12.6.